The Bertz CT molecular complexity index is 382. The van der Waals surface area contributed by atoms with Gasteiger partial charge in [0.1, 0.15) is 0 Å². The fraction of sp³-hybridized carbons (Fsp3) is 0.250. The van der Waals surface area contributed by atoms with Crippen LogP contribution in [0.2, 0.25) is 0 Å². The van der Waals surface area contributed by atoms with Crippen molar-refractivity contribution in [3.8, 4) is 11.8 Å². The second-order valence-electron chi connectivity index (χ2n) is 3.02. The number of benzene rings is 1. The standard InChI is InChI=1S/C12H12O3/c13-8-2-1-3-10-4-6-11(7-5-10)9-12(14)15/h4-7,13H,2,8-9H2,(H,14,15)/p-1. The summed E-state index contributed by atoms with van der Waals surface area (Å²) < 4.78 is 0. The van der Waals surface area contributed by atoms with Crippen LogP contribution in [0.1, 0.15) is 17.5 Å². The monoisotopic (exact) mass is 203 g/mol. The molecule has 0 atom stereocenters. The predicted octanol–water partition coefficient (Wildman–Crippen LogP) is -0.287. The van der Waals surface area contributed by atoms with Gasteiger partial charge >= 0.3 is 0 Å². The van der Waals surface area contributed by atoms with Gasteiger partial charge in [0, 0.05) is 24.4 Å². The Hall–Kier alpha value is -1.79. The van der Waals surface area contributed by atoms with Crippen LogP contribution in [-0.4, -0.2) is 17.7 Å². The summed E-state index contributed by atoms with van der Waals surface area (Å²) in [6, 6.07) is 6.92. The molecule has 15 heavy (non-hydrogen) atoms. The molecule has 0 spiro atoms. The van der Waals surface area contributed by atoms with Gasteiger partial charge in [-0.05, 0) is 17.7 Å². The van der Waals surface area contributed by atoms with Gasteiger partial charge in [0.15, 0.2) is 0 Å². The smallest absolute Gasteiger partial charge is 0.0540 e. The summed E-state index contributed by atoms with van der Waals surface area (Å²) in [6.45, 7) is 0.0514. The van der Waals surface area contributed by atoms with Gasteiger partial charge in [-0.1, -0.05) is 24.0 Å². The highest BCUT2D eigenvalue weighted by molar-refractivity contribution is 5.67. The minimum absolute atomic E-state index is 0.0514. The second kappa shape index (κ2) is 5.84. The van der Waals surface area contributed by atoms with Gasteiger partial charge in [-0.3, -0.25) is 0 Å². The number of carboxylic acids is 1. The summed E-state index contributed by atoms with van der Waals surface area (Å²) in [4.78, 5) is 10.3. The molecule has 0 amide bonds. The van der Waals surface area contributed by atoms with Crippen molar-refractivity contribution in [3.05, 3.63) is 35.4 Å². The quantitative estimate of drug-likeness (QED) is 0.687. The maximum atomic E-state index is 10.3. The number of aliphatic hydroxyl groups is 1. The van der Waals surface area contributed by atoms with Crippen LogP contribution in [0.4, 0.5) is 0 Å². The van der Waals surface area contributed by atoms with E-state index in [9.17, 15) is 9.90 Å². The third kappa shape index (κ3) is 4.30. The molecule has 1 aromatic carbocycles. The molecule has 0 heterocycles. The van der Waals surface area contributed by atoms with Gasteiger partial charge in [0.25, 0.3) is 0 Å². The predicted molar refractivity (Wildman–Crippen MR) is 53.7 cm³/mol. The Labute approximate surface area is 88.4 Å². The maximum absolute atomic E-state index is 10.3. The van der Waals surface area contributed by atoms with Gasteiger partial charge in [0.2, 0.25) is 0 Å². The molecule has 78 valence electrons. The average Bonchev–Trinajstić information content (AvgIpc) is 2.20. The van der Waals surface area contributed by atoms with E-state index < -0.39 is 5.97 Å². The van der Waals surface area contributed by atoms with E-state index in [-0.39, 0.29) is 13.0 Å². The maximum Gasteiger partial charge on any atom is 0.0540 e. The van der Waals surface area contributed by atoms with Crippen molar-refractivity contribution in [1.82, 2.24) is 0 Å². The van der Waals surface area contributed by atoms with Crippen LogP contribution in [0.25, 0.3) is 0 Å². The first-order chi connectivity index (χ1) is 7.22. The number of carboxylic acid groups (broad SMARTS) is 1. The summed E-state index contributed by atoms with van der Waals surface area (Å²) in [5, 5.41) is 18.8. The molecule has 3 heteroatoms. The fourth-order valence-electron chi connectivity index (χ4n) is 1.09. The molecule has 0 saturated carbocycles. The Kier molecular flexibility index (Phi) is 4.39. The van der Waals surface area contributed by atoms with Crippen molar-refractivity contribution in [2.24, 2.45) is 0 Å². The number of hydrogen-bond donors (Lipinski definition) is 1. The normalized spacial score (nSPS) is 9.13. The van der Waals surface area contributed by atoms with Crippen LogP contribution < -0.4 is 5.11 Å². The number of carbonyl (C=O) groups excluding carboxylic acids is 1. The minimum Gasteiger partial charge on any atom is -0.550 e. The van der Waals surface area contributed by atoms with E-state index in [1.165, 1.54) is 0 Å². The molecular formula is C12H11O3-. The van der Waals surface area contributed by atoms with Gasteiger partial charge in [-0.15, -0.1) is 0 Å². The van der Waals surface area contributed by atoms with Gasteiger partial charge in [-0.25, -0.2) is 0 Å². The molecule has 0 bridgehead atoms. The van der Waals surface area contributed by atoms with Crippen molar-refractivity contribution < 1.29 is 15.0 Å². The first-order valence-corrected chi connectivity index (χ1v) is 4.61. The van der Waals surface area contributed by atoms with E-state index in [4.69, 9.17) is 5.11 Å². The second-order valence-corrected chi connectivity index (χ2v) is 3.02. The number of aliphatic carboxylic acids is 1. The molecule has 0 aliphatic heterocycles. The Morgan fingerprint density at radius 2 is 2.00 bits per heavy atom. The zero-order valence-corrected chi connectivity index (χ0v) is 8.19. The number of rotatable bonds is 3. The van der Waals surface area contributed by atoms with Gasteiger partial charge in [-0.2, -0.15) is 0 Å². The lowest BCUT2D eigenvalue weighted by Gasteiger charge is -2.01. The molecule has 3 nitrogen and oxygen atoms in total. The van der Waals surface area contributed by atoms with Crippen molar-refractivity contribution in [3.63, 3.8) is 0 Å². The third-order valence-electron chi connectivity index (χ3n) is 1.77. The van der Waals surface area contributed by atoms with Crippen LogP contribution in [0, 0.1) is 11.8 Å². The SMILES string of the molecule is O=C([O-])Cc1ccc(C#CCCO)cc1. The zero-order chi connectivity index (χ0) is 11.1. The summed E-state index contributed by atoms with van der Waals surface area (Å²) in [6.07, 6.45) is 0.366. The number of hydrogen-bond acceptors (Lipinski definition) is 3. The first-order valence-electron chi connectivity index (χ1n) is 4.61. The van der Waals surface area contributed by atoms with Gasteiger partial charge < -0.3 is 15.0 Å². The van der Waals surface area contributed by atoms with Crippen LogP contribution in [0.3, 0.4) is 0 Å². The Balaban J connectivity index is 2.65. The molecule has 1 N–H and O–H groups in total. The molecular weight excluding hydrogens is 192 g/mol. The van der Waals surface area contributed by atoms with Crippen molar-refractivity contribution in [1.29, 1.82) is 0 Å². The molecule has 0 aliphatic carbocycles. The first kappa shape index (κ1) is 11.3. The zero-order valence-electron chi connectivity index (χ0n) is 8.19. The number of aliphatic hydroxyl groups excluding tert-OH is 1. The van der Waals surface area contributed by atoms with E-state index in [1.54, 1.807) is 24.3 Å². The molecule has 0 unspecified atom stereocenters. The highest BCUT2D eigenvalue weighted by Crippen LogP contribution is 2.03. The summed E-state index contributed by atoms with van der Waals surface area (Å²) in [7, 11) is 0. The largest absolute Gasteiger partial charge is 0.550 e. The highest BCUT2D eigenvalue weighted by Gasteiger charge is 1.92. The summed E-state index contributed by atoms with van der Waals surface area (Å²) in [5.41, 5.74) is 1.51. The lowest BCUT2D eigenvalue weighted by atomic mass is 10.1. The van der Waals surface area contributed by atoms with Crippen molar-refractivity contribution in [2.75, 3.05) is 6.61 Å². The van der Waals surface area contributed by atoms with E-state index in [2.05, 4.69) is 11.8 Å². The highest BCUT2D eigenvalue weighted by atomic mass is 16.4. The van der Waals surface area contributed by atoms with Crippen LogP contribution >= 0.6 is 0 Å². The minimum atomic E-state index is -1.09. The fourth-order valence-corrected chi connectivity index (χ4v) is 1.09. The van der Waals surface area contributed by atoms with E-state index in [0.717, 1.165) is 5.56 Å². The van der Waals surface area contributed by atoms with E-state index in [0.29, 0.717) is 12.0 Å². The Morgan fingerprint density at radius 1 is 1.33 bits per heavy atom. The molecule has 0 aromatic heterocycles. The van der Waals surface area contributed by atoms with Crippen LogP contribution in [0.15, 0.2) is 24.3 Å². The molecule has 0 aliphatic rings. The molecule has 0 fully saturated rings. The van der Waals surface area contributed by atoms with Gasteiger partial charge in [0.05, 0.1) is 6.61 Å². The topological polar surface area (TPSA) is 60.4 Å². The van der Waals surface area contributed by atoms with E-state index in [1.807, 2.05) is 0 Å². The average molecular weight is 203 g/mol. The lowest BCUT2D eigenvalue weighted by Crippen LogP contribution is -2.24. The molecule has 0 saturated heterocycles. The summed E-state index contributed by atoms with van der Waals surface area (Å²) >= 11 is 0. The van der Waals surface area contributed by atoms with Crippen molar-refractivity contribution >= 4 is 5.97 Å². The molecule has 0 radical (unpaired) electrons. The molecule has 1 aromatic rings. The summed E-state index contributed by atoms with van der Waals surface area (Å²) in [5.74, 6) is 4.55. The van der Waals surface area contributed by atoms with E-state index >= 15 is 0 Å². The lowest BCUT2D eigenvalue weighted by molar-refractivity contribution is -0.304. The van der Waals surface area contributed by atoms with Crippen molar-refractivity contribution in [2.45, 2.75) is 12.8 Å². The number of carbonyl (C=O) groups is 1. The van der Waals surface area contributed by atoms with Crippen LogP contribution in [0.5, 0.6) is 0 Å². The van der Waals surface area contributed by atoms with Crippen LogP contribution in [-0.2, 0) is 11.2 Å². The third-order valence-corrected chi connectivity index (χ3v) is 1.77. The Morgan fingerprint density at radius 3 is 2.53 bits per heavy atom. The molecule has 1 rings (SSSR count).